The number of hydrogen-bond donors (Lipinski definition) is 0. The van der Waals surface area contributed by atoms with Gasteiger partial charge in [0.15, 0.2) is 11.6 Å². The van der Waals surface area contributed by atoms with Crippen LogP contribution in [-0.4, -0.2) is 36.7 Å². The molecule has 39 heavy (non-hydrogen) atoms. The first kappa shape index (κ1) is 27.4. The van der Waals surface area contributed by atoms with Gasteiger partial charge in [0.25, 0.3) is 0 Å². The van der Waals surface area contributed by atoms with Crippen molar-refractivity contribution in [1.82, 2.24) is 4.90 Å². The Morgan fingerprint density at radius 2 is 1.38 bits per heavy atom. The summed E-state index contributed by atoms with van der Waals surface area (Å²) in [4.78, 5) is 30.2. The fraction of sp³-hybridized carbons (Fsp3) is 0.471. The molecule has 0 saturated carbocycles. The predicted octanol–water partition coefficient (Wildman–Crippen LogP) is 6.91. The number of hydrogen-bond acceptors (Lipinski definition) is 5. The Morgan fingerprint density at radius 3 is 1.95 bits per heavy atom. The molecule has 0 radical (unpaired) electrons. The highest BCUT2D eigenvalue weighted by atomic mass is 16.5. The van der Waals surface area contributed by atoms with E-state index in [0.29, 0.717) is 32.6 Å². The zero-order chi connectivity index (χ0) is 27.9. The lowest BCUT2D eigenvalue weighted by Gasteiger charge is -2.49. The summed E-state index contributed by atoms with van der Waals surface area (Å²) in [6, 6.07) is 16.3. The van der Waals surface area contributed by atoms with Crippen LogP contribution in [0.4, 0.5) is 0 Å². The van der Waals surface area contributed by atoms with Crippen molar-refractivity contribution in [3.8, 4) is 5.75 Å². The number of carbonyl (C=O) groups excluding carboxylic acids is 2. The number of methoxy groups -OCH3 is 1. The summed E-state index contributed by atoms with van der Waals surface area (Å²) in [5.74, 6) is 0.565. The molecule has 0 atom stereocenters. The summed E-state index contributed by atoms with van der Waals surface area (Å²) < 4.78 is 11.9. The Labute approximate surface area is 232 Å². The van der Waals surface area contributed by atoms with Crippen molar-refractivity contribution < 1.29 is 19.1 Å². The average Bonchev–Trinajstić information content (AvgIpc) is 2.85. The first-order valence-electron chi connectivity index (χ1n) is 14.1. The Hall–Kier alpha value is -3.18. The van der Waals surface area contributed by atoms with Crippen LogP contribution in [0.1, 0.15) is 76.0 Å². The lowest BCUT2D eigenvalue weighted by atomic mass is 9.63. The van der Waals surface area contributed by atoms with Gasteiger partial charge in [0.05, 0.1) is 6.61 Å². The van der Waals surface area contributed by atoms with E-state index in [4.69, 9.17) is 9.47 Å². The van der Waals surface area contributed by atoms with E-state index < -0.39 is 5.92 Å². The fourth-order valence-corrected chi connectivity index (χ4v) is 6.51. The first-order chi connectivity index (χ1) is 18.5. The molecule has 0 spiro atoms. The van der Waals surface area contributed by atoms with Crippen LogP contribution < -0.4 is 4.74 Å². The van der Waals surface area contributed by atoms with Crippen molar-refractivity contribution in [2.45, 2.75) is 72.8 Å². The maximum absolute atomic E-state index is 14.0. The van der Waals surface area contributed by atoms with Crippen LogP contribution in [0.2, 0.25) is 0 Å². The van der Waals surface area contributed by atoms with Crippen molar-refractivity contribution in [3.63, 3.8) is 0 Å². The minimum Gasteiger partial charge on any atom is -0.489 e. The van der Waals surface area contributed by atoms with E-state index in [1.165, 1.54) is 5.56 Å². The monoisotopic (exact) mass is 527 g/mol. The lowest BCUT2D eigenvalue weighted by Crippen LogP contribution is -2.45. The molecule has 0 unspecified atom stereocenters. The smallest absolute Gasteiger partial charge is 0.162 e. The number of nitrogens with zero attached hydrogens (tertiary/aromatic N) is 1. The van der Waals surface area contributed by atoms with E-state index in [-0.39, 0.29) is 22.4 Å². The van der Waals surface area contributed by atoms with E-state index in [9.17, 15) is 9.59 Å². The number of Topliss-reactive ketones (excluding diaryl/α,β-unsaturated/α-hetero) is 2. The molecule has 1 heterocycles. The first-order valence-corrected chi connectivity index (χ1v) is 14.1. The quantitative estimate of drug-likeness (QED) is 0.392. The molecular weight excluding hydrogens is 486 g/mol. The minimum absolute atomic E-state index is 0.131. The molecule has 0 N–H and O–H groups in total. The number of ketones is 2. The zero-order valence-electron chi connectivity index (χ0n) is 24.2. The zero-order valence-corrected chi connectivity index (χ0v) is 24.2. The van der Waals surface area contributed by atoms with E-state index >= 15 is 0 Å². The van der Waals surface area contributed by atoms with Crippen LogP contribution >= 0.6 is 0 Å². The maximum Gasteiger partial charge on any atom is 0.162 e. The average molecular weight is 528 g/mol. The van der Waals surface area contributed by atoms with Gasteiger partial charge >= 0.3 is 0 Å². The predicted molar refractivity (Wildman–Crippen MR) is 153 cm³/mol. The van der Waals surface area contributed by atoms with Crippen LogP contribution in [0.5, 0.6) is 5.75 Å². The van der Waals surface area contributed by atoms with Crippen LogP contribution in [0, 0.1) is 17.8 Å². The Bertz CT molecular complexity index is 1290. The van der Waals surface area contributed by atoms with E-state index in [0.717, 1.165) is 52.3 Å². The number of benzene rings is 2. The summed E-state index contributed by atoms with van der Waals surface area (Å²) in [7, 11) is 1.70. The topological polar surface area (TPSA) is 55.8 Å². The number of para-hydroxylation sites is 1. The summed E-state index contributed by atoms with van der Waals surface area (Å²) in [5.41, 5.74) is 6.52. The Morgan fingerprint density at radius 1 is 0.821 bits per heavy atom. The van der Waals surface area contributed by atoms with Crippen molar-refractivity contribution in [2.24, 2.45) is 10.8 Å². The van der Waals surface area contributed by atoms with Gasteiger partial charge in [-0.15, -0.1) is 0 Å². The summed E-state index contributed by atoms with van der Waals surface area (Å²) in [5, 5.41) is 0. The fourth-order valence-electron chi connectivity index (χ4n) is 6.51. The highest BCUT2D eigenvalue weighted by Gasteiger charge is 2.49. The number of rotatable bonds is 7. The molecule has 3 aliphatic rings. The van der Waals surface area contributed by atoms with Crippen molar-refractivity contribution in [1.29, 1.82) is 0 Å². The third-order valence-corrected chi connectivity index (χ3v) is 8.29. The molecule has 1 aliphatic heterocycles. The molecule has 2 aromatic carbocycles. The summed E-state index contributed by atoms with van der Waals surface area (Å²) in [6.07, 6.45) is 2.50. The molecule has 2 aliphatic carbocycles. The lowest BCUT2D eigenvalue weighted by molar-refractivity contribution is -0.119. The molecule has 0 amide bonds. The second-order valence-corrected chi connectivity index (χ2v) is 13.0. The van der Waals surface area contributed by atoms with Gasteiger partial charge in [-0.2, -0.15) is 0 Å². The normalized spacial score (nSPS) is 20.7. The van der Waals surface area contributed by atoms with Gasteiger partial charge in [-0.25, -0.2) is 0 Å². The van der Waals surface area contributed by atoms with Crippen LogP contribution in [0.15, 0.2) is 71.1 Å². The molecule has 206 valence electrons. The molecule has 0 aromatic heterocycles. The number of aryl methyl sites for hydroxylation is 1. The van der Waals surface area contributed by atoms with Gasteiger partial charge in [-0.3, -0.25) is 9.59 Å². The van der Waals surface area contributed by atoms with Crippen LogP contribution in [-0.2, 0) is 20.9 Å². The minimum atomic E-state index is -0.421. The van der Waals surface area contributed by atoms with Gasteiger partial charge in [0, 0.05) is 60.5 Å². The van der Waals surface area contributed by atoms with Gasteiger partial charge < -0.3 is 14.4 Å². The third kappa shape index (κ3) is 5.47. The molecule has 5 heteroatoms. The molecule has 0 bridgehead atoms. The molecule has 5 rings (SSSR count). The van der Waals surface area contributed by atoms with Crippen molar-refractivity contribution in [2.75, 3.05) is 20.3 Å². The second-order valence-electron chi connectivity index (χ2n) is 13.0. The van der Waals surface area contributed by atoms with Crippen molar-refractivity contribution >= 4 is 11.6 Å². The standard InChI is InChI=1S/C34H41NO4/c1-22-11-13-23(14-12-22)21-39-29-10-8-7-9-24(29)30-31-25(17-33(2,3)19-27(31)36)35(15-16-38-6)26-18-34(4,5)20-28(37)32(26)30/h7-14,30H,15-21H2,1-6H3. The van der Waals surface area contributed by atoms with Gasteiger partial charge in [0.1, 0.15) is 12.4 Å². The number of allylic oxidation sites excluding steroid dienone is 4. The Kier molecular flexibility index (Phi) is 7.32. The SMILES string of the molecule is COCCN1C2=C(C(=O)CC(C)(C)C2)C(c2ccccc2OCc2ccc(C)cc2)C2=C1CC(C)(C)CC2=O. The molecule has 5 nitrogen and oxygen atoms in total. The number of carbonyl (C=O) groups is 2. The van der Waals surface area contributed by atoms with Crippen LogP contribution in [0.25, 0.3) is 0 Å². The highest BCUT2D eigenvalue weighted by Crippen LogP contribution is 2.55. The van der Waals surface area contributed by atoms with E-state index in [2.05, 4.69) is 63.8 Å². The molecule has 0 fully saturated rings. The summed E-state index contributed by atoms with van der Waals surface area (Å²) >= 11 is 0. The van der Waals surface area contributed by atoms with Crippen molar-refractivity contribution in [3.05, 3.63) is 87.8 Å². The Balaban J connectivity index is 1.66. The van der Waals surface area contributed by atoms with Gasteiger partial charge in [0.2, 0.25) is 0 Å². The third-order valence-electron chi connectivity index (χ3n) is 8.29. The van der Waals surface area contributed by atoms with Gasteiger partial charge in [-0.1, -0.05) is 75.7 Å². The van der Waals surface area contributed by atoms with Gasteiger partial charge in [-0.05, 0) is 42.2 Å². The van der Waals surface area contributed by atoms with E-state index in [1.807, 2.05) is 24.3 Å². The number of ether oxygens (including phenoxy) is 2. The maximum atomic E-state index is 14.0. The second kappa shape index (κ2) is 10.4. The highest BCUT2D eigenvalue weighted by molar-refractivity contribution is 6.07. The van der Waals surface area contributed by atoms with E-state index in [1.54, 1.807) is 7.11 Å². The molecule has 0 saturated heterocycles. The van der Waals surface area contributed by atoms with Crippen LogP contribution in [0.3, 0.4) is 0 Å². The summed E-state index contributed by atoms with van der Waals surface area (Å²) in [6.45, 7) is 12.3. The largest absolute Gasteiger partial charge is 0.489 e. The molecular formula is C34H41NO4. The molecule has 2 aromatic rings.